The van der Waals surface area contributed by atoms with Crippen LogP contribution >= 0.6 is 0 Å². The number of carbonyl (C=O) groups excluding carboxylic acids is 3. The van der Waals surface area contributed by atoms with Crippen molar-refractivity contribution in [1.82, 2.24) is 0 Å². The standard InChI is InChI=1S/C27H50O5/c1-5-8-10-12-14-16-18-26(29)31-21-24(20-25(28)23(4)7-3)22-32-27(30)19-17-15-13-11-9-6-2/h23-24H,5-22H2,1-4H3. The Morgan fingerprint density at radius 3 is 1.44 bits per heavy atom. The van der Waals surface area contributed by atoms with Gasteiger partial charge in [0, 0.05) is 31.1 Å². The first kappa shape index (κ1) is 30.6. The maximum absolute atomic E-state index is 12.4. The third-order valence-electron chi connectivity index (χ3n) is 6.08. The number of unbranched alkanes of at least 4 members (excludes halogenated alkanes) is 10. The Kier molecular flexibility index (Phi) is 20.5. The van der Waals surface area contributed by atoms with Gasteiger partial charge in [-0.1, -0.05) is 91.9 Å². The third kappa shape index (κ3) is 18.2. The highest BCUT2D eigenvalue weighted by Crippen LogP contribution is 2.15. The van der Waals surface area contributed by atoms with Gasteiger partial charge < -0.3 is 9.47 Å². The van der Waals surface area contributed by atoms with Gasteiger partial charge in [0.1, 0.15) is 5.78 Å². The van der Waals surface area contributed by atoms with Crippen LogP contribution in [0.25, 0.3) is 0 Å². The topological polar surface area (TPSA) is 69.7 Å². The lowest BCUT2D eigenvalue weighted by atomic mass is 9.94. The Labute approximate surface area is 197 Å². The van der Waals surface area contributed by atoms with E-state index in [9.17, 15) is 14.4 Å². The first-order valence-electron chi connectivity index (χ1n) is 13.3. The predicted octanol–water partition coefficient (Wildman–Crippen LogP) is 7.20. The first-order valence-corrected chi connectivity index (χ1v) is 13.3. The molecule has 0 bridgehead atoms. The van der Waals surface area contributed by atoms with E-state index >= 15 is 0 Å². The normalized spacial score (nSPS) is 12.0. The van der Waals surface area contributed by atoms with Crippen molar-refractivity contribution >= 4 is 17.7 Å². The highest BCUT2D eigenvalue weighted by atomic mass is 16.5. The Morgan fingerprint density at radius 2 is 1.03 bits per heavy atom. The van der Waals surface area contributed by atoms with Gasteiger partial charge >= 0.3 is 11.9 Å². The SMILES string of the molecule is CCCCCCCCC(=O)OCC(COC(=O)CCCCCCCC)CC(=O)C(C)CC. The van der Waals surface area contributed by atoms with Crippen LogP contribution in [0.15, 0.2) is 0 Å². The minimum Gasteiger partial charge on any atom is -0.465 e. The molecule has 0 aliphatic carbocycles. The molecule has 0 saturated heterocycles. The van der Waals surface area contributed by atoms with E-state index in [-0.39, 0.29) is 49.2 Å². The lowest BCUT2D eigenvalue weighted by Gasteiger charge is -2.18. The van der Waals surface area contributed by atoms with E-state index in [1.807, 2.05) is 13.8 Å². The fourth-order valence-corrected chi connectivity index (χ4v) is 3.54. The van der Waals surface area contributed by atoms with Gasteiger partial charge in [-0.05, 0) is 19.3 Å². The van der Waals surface area contributed by atoms with Crippen LogP contribution < -0.4 is 0 Å². The van der Waals surface area contributed by atoms with E-state index < -0.39 is 0 Å². The van der Waals surface area contributed by atoms with Crippen molar-refractivity contribution in [2.75, 3.05) is 13.2 Å². The van der Waals surface area contributed by atoms with E-state index in [1.165, 1.54) is 38.5 Å². The van der Waals surface area contributed by atoms with E-state index in [1.54, 1.807) is 0 Å². The first-order chi connectivity index (χ1) is 15.4. The minimum atomic E-state index is -0.265. The zero-order valence-corrected chi connectivity index (χ0v) is 21.4. The van der Waals surface area contributed by atoms with Crippen LogP contribution in [0, 0.1) is 11.8 Å². The second-order valence-corrected chi connectivity index (χ2v) is 9.25. The molecule has 0 spiro atoms. The molecule has 0 aromatic rings. The molecular weight excluding hydrogens is 404 g/mol. The summed E-state index contributed by atoms with van der Waals surface area (Å²) in [6.07, 6.45) is 15.3. The number of ketones is 1. The minimum absolute atomic E-state index is 0.0323. The molecule has 0 saturated carbocycles. The average molecular weight is 455 g/mol. The summed E-state index contributed by atoms with van der Waals surface area (Å²) < 4.78 is 10.9. The number of hydrogen-bond acceptors (Lipinski definition) is 5. The maximum atomic E-state index is 12.4. The summed E-state index contributed by atoms with van der Waals surface area (Å²) in [7, 11) is 0. The highest BCUT2D eigenvalue weighted by molar-refractivity contribution is 5.81. The monoisotopic (exact) mass is 454 g/mol. The zero-order chi connectivity index (χ0) is 24.0. The van der Waals surface area contributed by atoms with Gasteiger partial charge in [0.05, 0.1) is 13.2 Å². The van der Waals surface area contributed by atoms with Gasteiger partial charge in [-0.15, -0.1) is 0 Å². The molecule has 0 radical (unpaired) electrons. The van der Waals surface area contributed by atoms with Crippen LogP contribution in [0.1, 0.15) is 130 Å². The van der Waals surface area contributed by atoms with Gasteiger partial charge in [-0.25, -0.2) is 0 Å². The van der Waals surface area contributed by atoms with Crippen molar-refractivity contribution in [3.05, 3.63) is 0 Å². The Balaban J connectivity index is 4.30. The summed E-state index contributed by atoms with van der Waals surface area (Å²) in [5.74, 6) is -0.607. The largest absolute Gasteiger partial charge is 0.465 e. The molecule has 0 heterocycles. The summed E-state index contributed by atoms with van der Waals surface area (Å²) in [6.45, 7) is 8.55. The molecule has 0 N–H and O–H groups in total. The van der Waals surface area contributed by atoms with Crippen LogP contribution in [-0.4, -0.2) is 30.9 Å². The molecule has 188 valence electrons. The van der Waals surface area contributed by atoms with E-state index in [0.717, 1.165) is 44.9 Å². The molecule has 32 heavy (non-hydrogen) atoms. The Bertz CT molecular complexity index is 456. The molecule has 5 nitrogen and oxygen atoms in total. The molecule has 5 heteroatoms. The van der Waals surface area contributed by atoms with Crippen LogP contribution in [0.5, 0.6) is 0 Å². The lowest BCUT2D eigenvalue weighted by molar-refractivity contribution is -0.150. The van der Waals surface area contributed by atoms with Crippen LogP contribution in [0.2, 0.25) is 0 Å². The molecule has 0 aromatic carbocycles. The van der Waals surface area contributed by atoms with E-state index in [2.05, 4.69) is 13.8 Å². The number of carbonyl (C=O) groups is 3. The number of hydrogen-bond donors (Lipinski definition) is 0. The summed E-state index contributed by atoms with van der Waals surface area (Å²) in [4.78, 5) is 36.6. The highest BCUT2D eigenvalue weighted by Gasteiger charge is 2.21. The lowest BCUT2D eigenvalue weighted by Crippen LogP contribution is -2.25. The van der Waals surface area contributed by atoms with E-state index in [4.69, 9.17) is 9.47 Å². The van der Waals surface area contributed by atoms with Crippen molar-refractivity contribution in [3.63, 3.8) is 0 Å². The van der Waals surface area contributed by atoms with Crippen LogP contribution in [0.4, 0.5) is 0 Å². The summed E-state index contributed by atoms with van der Waals surface area (Å²) in [5, 5.41) is 0. The smallest absolute Gasteiger partial charge is 0.305 e. The van der Waals surface area contributed by atoms with Gasteiger partial charge in [-0.2, -0.15) is 0 Å². The van der Waals surface area contributed by atoms with Gasteiger partial charge in [0.15, 0.2) is 0 Å². The molecule has 0 fully saturated rings. The Morgan fingerprint density at radius 1 is 0.625 bits per heavy atom. The molecule has 1 atom stereocenters. The van der Waals surface area contributed by atoms with Crippen LogP contribution in [0.3, 0.4) is 0 Å². The summed E-state index contributed by atoms with van der Waals surface area (Å²) in [5.41, 5.74) is 0. The van der Waals surface area contributed by atoms with Crippen molar-refractivity contribution in [2.45, 2.75) is 130 Å². The average Bonchev–Trinajstić information content (AvgIpc) is 2.79. The number of rotatable bonds is 22. The third-order valence-corrected chi connectivity index (χ3v) is 6.08. The van der Waals surface area contributed by atoms with Crippen molar-refractivity contribution < 1.29 is 23.9 Å². The summed E-state index contributed by atoms with van der Waals surface area (Å²) in [6, 6.07) is 0. The second kappa shape index (κ2) is 21.5. The number of Topliss-reactive ketones (excluding diaryl/α,β-unsaturated/α-hetero) is 1. The summed E-state index contributed by atoms with van der Waals surface area (Å²) >= 11 is 0. The zero-order valence-electron chi connectivity index (χ0n) is 21.4. The molecule has 0 amide bonds. The molecule has 0 aliphatic rings. The Hall–Kier alpha value is -1.39. The van der Waals surface area contributed by atoms with Crippen molar-refractivity contribution in [2.24, 2.45) is 11.8 Å². The van der Waals surface area contributed by atoms with Crippen LogP contribution in [-0.2, 0) is 23.9 Å². The van der Waals surface area contributed by atoms with E-state index in [0.29, 0.717) is 12.8 Å². The number of ether oxygens (including phenoxy) is 2. The molecule has 1 unspecified atom stereocenters. The second-order valence-electron chi connectivity index (χ2n) is 9.25. The van der Waals surface area contributed by atoms with Crippen molar-refractivity contribution in [1.29, 1.82) is 0 Å². The molecule has 0 rings (SSSR count). The van der Waals surface area contributed by atoms with Gasteiger partial charge in [-0.3, -0.25) is 14.4 Å². The molecule has 0 aromatic heterocycles. The number of esters is 2. The van der Waals surface area contributed by atoms with Crippen molar-refractivity contribution in [3.8, 4) is 0 Å². The quantitative estimate of drug-likeness (QED) is 0.128. The maximum Gasteiger partial charge on any atom is 0.305 e. The molecular formula is C27H50O5. The fraction of sp³-hybridized carbons (Fsp3) is 0.889. The predicted molar refractivity (Wildman–Crippen MR) is 130 cm³/mol. The fourth-order valence-electron chi connectivity index (χ4n) is 3.54. The molecule has 0 aliphatic heterocycles. The van der Waals surface area contributed by atoms with Gasteiger partial charge in [0.2, 0.25) is 0 Å². The van der Waals surface area contributed by atoms with Gasteiger partial charge in [0.25, 0.3) is 0 Å².